The number of hydrogen-bond acceptors (Lipinski definition) is 5. The van der Waals surface area contributed by atoms with Gasteiger partial charge >= 0.3 is 6.09 Å². The fourth-order valence-corrected chi connectivity index (χ4v) is 10.9. The molecule has 8 nitrogen and oxygen atoms in total. The van der Waals surface area contributed by atoms with E-state index >= 15 is 4.79 Å². The molecule has 1 aromatic heterocycles. The van der Waals surface area contributed by atoms with E-state index in [4.69, 9.17) is 9.84 Å². The fraction of sp³-hybridized carbons (Fsp3) is 0.738. The molecule has 6 unspecified atom stereocenters. The van der Waals surface area contributed by atoms with Crippen molar-refractivity contribution in [2.75, 3.05) is 26.0 Å². The van der Waals surface area contributed by atoms with Crippen LogP contribution in [0.2, 0.25) is 0 Å². The highest BCUT2D eigenvalue weighted by Gasteiger charge is 2.64. The van der Waals surface area contributed by atoms with Gasteiger partial charge in [-0.05, 0) is 106 Å². The molecule has 50 heavy (non-hydrogen) atoms. The fourth-order valence-electron chi connectivity index (χ4n) is 10.9. The number of carbonyl (C=O) groups excluding carboxylic acids is 2. The Morgan fingerprint density at radius 2 is 1.50 bits per heavy atom. The van der Waals surface area contributed by atoms with Gasteiger partial charge in [-0.3, -0.25) is 14.8 Å². The molecule has 1 aromatic carbocycles. The molecule has 6 rings (SSSR count). The predicted molar refractivity (Wildman–Crippen MR) is 200 cm³/mol. The highest BCUT2D eigenvalue weighted by atomic mass is 16.6. The molecule has 0 bridgehead atoms. The molecule has 2 N–H and O–H groups in total. The van der Waals surface area contributed by atoms with Crippen LogP contribution in [0.15, 0.2) is 30.3 Å². The summed E-state index contributed by atoms with van der Waals surface area (Å²) in [5, 5.41) is 11.8. The molecule has 7 atom stereocenters. The number of rotatable bonds is 10. The SMILES string of the molecule is CC1CCC(C(C)C)C(C2(C3CC(C)CCC3C(C)C)c3[nH]nc(NC(=O)C4CCCC4)c3CN2C(=O)O[C@H](CN(C)C)c2ccccc2)C1. The minimum atomic E-state index is -0.623. The van der Waals surface area contributed by atoms with Gasteiger partial charge in [-0.25, -0.2) is 4.79 Å². The maximum Gasteiger partial charge on any atom is 0.411 e. The number of anilines is 1. The first-order valence-electron chi connectivity index (χ1n) is 20.0. The van der Waals surface area contributed by atoms with Gasteiger partial charge in [0.25, 0.3) is 0 Å². The molecule has 3 aliphatic carbocycles. The van der Waals surface area contributed by atoms with E-state index in [1.54, 1.807) is 0 Å². The van der Waals surface area contributed by atoms with E-state index in [0.717, 1.165) is 68.2 Å². The number of carbonyl (C=O) groups is 2. The second-order valence-corrected chi connectivity index (χ2v) is 17.7. The Balaban J connectivity index is 1.53. The lowest BCUT2D eigenvalue weighted by molar-refractivity contribution is -0.119. The normalized spacial score (nSPS) is 31.0. The second kappa shape index (κ2) is 15.4. The van der Waals surface area contributed by atoms with Gasteiger partial charge in [0.05, 0.1) is 17.8 Å². The Hall–Kier alpha value is -2.87. The summed E-state index contributed by atoms with van der Waals surface area (Å²) in [6.07, 6.45) is 10.3. The van der Waals surface area contributed by atoms with Crippen LogP contribution in [0, 0.1) is 53.3 Å². The third-order valence-corrected chi connectivity index (χ3v) is 13.3. The van der Waals surface area contributed by atoms with Crippen LogP contribution in [0.5, 0.6) is 0 Å². The zero-order valence-electron chi connectivity index (χ0n) is 32.2. The number of nitrogens with one attached hydrogen (secondary N) is 2. The van der Waals surface area contributed by atoms with Crippen LogP contribution in [0.1, 0.15) is 129 Å². The maximum absolute atomic E-state index is 15.3. The summed E-state index contributed by atoms with van der Waals surface area (Å²) >= 11 is 0. The standard InChI is InChI=1S/C42H65N5O3/c1-26(2)32-20-18-28(5)22-35(32)42(36-23-29(6)19-21-33(36)27(3)4)38-34(39(45-44-38)43-40(48)31-16-12-13-17-31)24-47(42)41(49)50-37(25-46(7)8)30-14-10-9-11-15-30/h9-11,14-15,26-29,31-33,35-37H,12-13,16-25H2,1-8H3,(H2,43,44,45,48)/t28?,29?,32?,33?,35?,36?,37-,42?/m1/s1. The zero-order valence-corrected chi connectivity index (χ0v) is 32.2. The number of amides is 2. The average Bonchev–Trinajstić information content (AvgIpc) is 3.82. The number of aromatic nitrogens is 2. The van der Waals surface area contributed by atoms with E-state index in [-0.39, 0.29) is 29.8 Å². The van der Waals surface area contributed by atoms with Crippen molar-refractivity contribution in [3.63, 3.8) is 0 Å². The number of hydrogen-bond donors (Lipinski definition) is 2. The molecule has 2 heterocycles. The van der Waals surface area contributed by atoms with Gasteiger partial charge in [-0.1, -0.05) is 97.6 Å². The minimum absolute atomic E-state index is 0.0290. The molecule has 4 aliphatic rings. The van der Waals surface area contributed by atoms with Crippen LogP contribution in [0.4, 0.5) is 10.6 Å². The zero-order chi connectivity index (χ0) is 35.7. The van der Waals surface area contributed by atoms with Crippen LogP contribution >= 0.6 is 0 Å². The molecule has 0 saturated heterocycles. The van der Waals surface area contributed by atoms with Crippen LogP contribution in [-0.2, 0) is 21.6 Å². The van der Waals surface area contributed by atoms with Crippen molar-refractivity contribution in [3.8, 4) is 0 Å². The number of fused-ring (bicyclic) bond motifs is 1. The smallest absolute Gasteiger partial charge is 0.411 e. The molecule has 276 valence electrons. The first-order valence-corrected chi connectivity index (χ1v) is 20.0. The summed E-state index contributed by atoms with van der Waals surface area (Å²) in [7, 11) is 4.07. The van der Waals surface area contributed by atoms with Gasteiger partial charge in [0.1, 0.15) is 6.10 Å². The van der Waals surface area contributed by atoms with E-state index in [0.29, 0.717) is 54.4 Å². The molecule has 2 aromatic rings. The number of aromatic amines is 1. The molecular weight excluding hydrogens is 622 g/mol. The lowest BCUT2D eigenvalue weighted by Gasteiger charge is -2.58. The lowest BCUT2D eigenvalue weighted by Crippen LogP contribution is -2.61. The summed E-state index contributed by atoms with van der Waals surface area (Å²) in [6, 6.07) is 10.2. The van der Waals surface area contributed by atoms with Gasteiger partial charge < -0.3 is 15.0 Å². The Morgan fingerprint density at radius 1 is 0.920 bits per heavy atom. The average molecular weight is 688 g/mol. The number of nitrogens with zero attached hydrogens (tertiary/aromatic N) is 3. The van der Waals surface area contributed by atoms with Crippen LogP contribution in [-0.4, -0.2) is 52.6 Å². The summed E-state index contributed by atoms with van der Waals surface area (Å²) in [6.45, 7) is 15.3. The third-order valence-electron chi connectivity index (χ3n) is 13.3. The molecule has 3 fully saturated rings. The van der Waals surface area contributed by atoms with E-state index in [9.17, 15) is 4.79 Å². The first-order chi connectivity index (χ1) is 23.9. The van der Waals surface area contributed by atoms with E-state index < -0.39 is 11.6 Å². The Bertz CT molecular complexity index is 1410. The lowest BCUT2D eigenvalue weighted by atomic mass is 9.52. The quantitative estimate of drug-likeness (QED) is 0.260. The Labute approximate surface area is 301 Å². The van der Waals surface area contributed by atoms with Crippen LogP contribution in [0.3, 0.4) is 0 Å². The van der Waals surface area contributed by atoms with E-state index in [1.165, 1.54) is 12.8 Å². The molecule has 1 aliphatic heterocycles. The summed E-state index contributed by atoms with van der Waals surface area (Å²) in [4.78, 5) is 33.2. The summed E-state index contributed by atoms with van der Waals surface area (Å²) in [5.41, 5.74) is 2.43. The second-order valence-electron chi connectivity index (χ2n) is 17.7. The minimum Gasteiger partial charge on any atom is -0.440 e. The molecule has 8 heteroatoms. The van der Waals surface area contributed by atoms with Gasteiger partial charge in [-0.15, -0.1) is 0 Å². The topological polar surface area (TPSA) is 90.6 Å². The van der Waals surface area contributed by atoms with Crippen LogP contribution in [0.25, 0.3) is 0 Å². The highest BCUT2D eigenvalue weighted by molar-refractivity contribution is 5.93. The van der Waals surface area contributed by atoms with Crippen molar-refractivity contribution in [2.24, 2.45) is 53.3 Å². The molecule has 3 saturated carbocycles. The number of H-pyrrole nitrogens is 1. The number of benzene rings is 1. The monoisotopic (exact) mass is 688 g/mol. The van der Waals surface area contributed by atoms with Crippen molar-refractivity contribution in [3.05, 3.63) is 47.2 Å². The van der Waals surface area contributed by atoms with Gasteiger partial charge in [0.15, 0.2) is 5.82 Å². The van der Waals surface area contributed by atoms with Crippen molar-refractivity contribution in [2.45, 2.75) is 124 Å². The van der Waals surface area contributed by atoms with Crippen LogP contribution < -0.4 is 5.32 Å². The molecule has 0 spiro atoms. The first kappa shape index (κ1) is 36.9. The molecular formula is C42H65N5O3. The van der Waals surface area contributed by atoms with Crippen molar-refractivity contribution < 1.29 is 14.3 Å². The largest absolute Gasteiger partial charge is 0.440 e. The summed E-state index contributed by atoms with van der Waals surface area (Å²) in [5.74, 6) is 4.13. The third kappa shape index (κ3) is 7.12. The highest BCUT2D eigenvalue weighted by Crippen LogP contribution is 2.62. The maximum atomic E-state index is 15.3. The van der Waals surface area contributed by atoms with Gasteiger partial charge in [0.2, 0.25) is 5.91 Å². The summed E-state index contributed by atoms with van der Waals surface area (Å²) < 4.78 is 6.74. The molecule has 2 amide bonds. The van der Waals surface area contributed by atoms with Crippen molar-refractivity contribution in [1.29, 1.82) is 0 Å². The van der Waals surface area contributed by atoms with Gasteiger partial charge in [-0.2, -0.15) is 5.10 Å². The molecule has 0 radical (unpaired) electrons. The Morgan fingerprint density at radius 3 is 2.04 bits per heavy atom. The van der Waals surface area contributed by atoms with E-state index in [2.05, 4.69) is 73.9 Å². The number of likely N-dealkylation sites (N-methyl/N-ethyl adjacent to an activating group) is 1. The number of ether oxygens (including phenoxy) is 1. The predicted octanol–water partition coefficient (Wildman–Crippen LogP) is 9.41. The van der Waals surface area contributed by atoms with Gasteiger partial charge in [0, 0.05) is 18.0 Å². The Kier molecular flexibility index (Phi) is 11.4. The van der Waals surface area contributed by atoms with Crippen molar-refractivity contribution >= 4 is 17.8 Å². The van der Waals surface area contributed by atoms with E-state index in [1.807, 2.05) is 32.3 Å². The van der Waals surface area contributed by atoms with Crippen molar-refractivity contribution in [1.82, 2.24) is 20.0 Å².